The molecule has 130 valence electrons. The molecule has 3 aromatic rings. The van der Waals surface area contributed by atoms with Gasteiger partial charge in [0.2, 0.25) is 0 Å². The number of nitrogens with zero attached hydrogens (tertiary/aromatic N) is 1. The van der Waals surface area contributed by atoms with Crippen molar-refractivity contribution in [2.45, 2.75) is 46.0 Å². The quantitative estimate of drug-likeness (QED) is 0.556. The van der Waals surface area contributed by atoms with Crippen LogP contribution in [0.5, 0.6) is 0 Å². The van der Waals surface area contributed by atoms with Gasteiger partial charge in [-0.25, -0.2) is 0 Å². The van der Waals surface area contributed by atoms with E-state index in [0.717, 1.165) is 24.4 Å². The molecule has 1 spiro atoms. The Morgan fingerprint density at radius 1 is 0.846 bits per heavy atom. The molecule has 2 aliphatic rings. The van der Waals surface area contributed by atoms with Crippen LogP contribution in [0.3, 0.4) is 0 Å². The summed E-state index contributed by atoms with van der Waals surface area (Å²) in [6.45, 7) is -8.91. The lowest BCUT2D eigenvalue weighted by atomic mass is 9.81. The molecule has 1 nitrogen and oxygen atoms in total. The Kier molecular flexibility index (Phi) is 1.29. The topological polar surface area (TPSA) is 12.9 Å². The zero-order chi connectivity index (χ0) is 32.6. The standard InChI is InChI=1S/C25H25N/c1-16-8-9-21(24-10-17(2)18(3)15-26-24)23-14-25(13-22(16)23)11-19-6-4-5-7-20(19)12-25/h4-10,15H,11-14H2,1-3H3/i1D3,2D3,3D3,11D2,12D2,13D2,14D2. The maximum absolute atomic E-state index is 9.40. The highest BCUT2D eigenvalue weighted by atomic mass is 14.7. The third-order valence-corrected chi connectivity index (χ3v) is 4.58. The number of pyridine rings is 1. The van der Waals surface area contributed by atoms with E-state index in [0.29, 0.717) is 0 Å². The Balaban J connectivity index is 1.95. The summed E-state index contributed by atoms with van der Waals surface area (Å²) in [5.74, 6) is 0. The molecular formula is C25H25N. The van der Waals surface area contributed by atoms with Crippen LogP contribution >= 0.6 is 0 Å². The first-order chi connectivity index (χ1) is 19.3. The van der Waals surface area contributed by atoms with Gasteiger partial charge in [0.05, 0.1) is 5.69 Å². The van der Waals surface area contributed by atoms with Gasteiger partial charge in [-0.3, -0.25) is 4.98 Å². The molecule has 2 aromatic carbocycles. The van der Waals surface area contributed by atoms with E-state index in [4.69, 9.17) is 17.8 Å². The van der Waals surface area contributed by atoms with Crippen LogP contribution < -0.4 is 0 Å². The summed E-state index contributed by atoms with van der Waals surface area (Å²) in [6.07, 6.45) is -11.9. The van der Waals surface area contributed by atoms with E-state index in [2.05, 4.69) is 4.98 Å². The van der Waals surface area contributed by atoms with Crippen molar-refractivity contribution < 1.29 is 23.3 Å². The lowest BCUT2D eigenvalue weighted by Gasteiger charge is -2.22. The molecule has 0 atom stereocenters. The number of aromatic nitrogens is 1. The van der Waals surface area contributed by atoms with E-state index in [-0.39, 0.29) is 22.4 Å². The van der Waals surface area contributed by atoms with Gasteiger partial charge in [0.25, 0.3) is 0 Å². The molecule has 0 saturated carbocycles. The highest BCUT2D eigenvalue weighted by Crippen LogP contribution is 2.50. The average Bonchev–Trinajstić information content (AvgIpc) is 3.11. The predicted molar refractivity (Wildman–Crippen MR) is 108 cm³/mol. The van der Waals surface area contributed by atoms with E-state index in [9.17, 15) is 5.48 Å². The Morgan fingerprint density at radius 2 is 1.58 bits per heavy atom. The second kappa shape index (κ2) is 5.54. The maximum Gasteiger partial charge on any atom is 0.0707 e. The predicted octanol–water partition coefficient (Wildman–Crippen LogP) is 5.56. The first kappa shape index (κ1) is 6.05. The molecule has 0 amide bonds. The van der Waals surface area contributed by atoms with Crippen molar-refractivity contribution >= 4 is 0 Å². The van der Waals surface area contributed by atoms with Crippen LogP contribution in [0, 0.1) is 26.0 Å². The van der Waals surface area contributed by atoms with Crippen LogP contribution in [-0.4, -0.2) is 4.98 Å². The van der Waals surface area contributed by atoms with Crippen molar-refractivity contribution in [2.75, 3.05) is 0 Å². The van der Waals surface area contributed by atoms with E-state index in [1.807, 2.05) is 0 Å². The molecule has 1 heteroatoms. The van der Waals surface area contributed by atoms with Gasteiger partial charge in [-0.15, -0.1) is 0 Å². The average molecular weight is 357 g/mol. The summed E-state index contributed by atoms with van der Waals surface area (Å²) >= 11 is 0. The second-order valence-electron chi connectivity index (χ2n) is 6.32. The molecule has 2 aliphatic carbocycles. The molecule has 0 saturated heterocycles. The molecule has 1 heterocycles. The van der Waals surface area contributed by atoms with Crippen molar-refractivity contribution in [3.8, 4) is 11.3 Å². The minimum atomic E-state index is -3.30. The highest BCUT2D eigenvalue weighted by molar-refractivity contribution is 5.69. The van der Waals surface area contributed by atoms with Crippen molar-refractivity contribution in [1.82, 2.24) is 4.98 Å². The fraction of sp³-hybridized carbons (Fsp3) is 0.320. The number of aryl methyl sites for hydroxylation is 3. The van der Waals surface area contributed by atoms with Gasteiger partial charge in [-0.2, -0.15) is 0 Å². The molecule has 0 fully saturated rings. The molecule has 0 radical (unpaired) electrons. The molecule has 5 rings (SSSR count). The zero-order valence-electron chi connectivity index (χ0n) is 30.6. The lowest BCUT2D eigenvalue weighted by molar-refractivity contribution is 0.326. The van der Waals surface area contributed by atoms with Crippen LogP contribution in [0.4, 0.5) is 0 Å². The fourth-order valence-electron chi connectivity index (χ4n) is 3.35. The smallest absolute Gasteiger partial charge is 0.0707 e. The summed E-state index contributed by atoms with van der Waals surface area (Å²) in [6, 6.07) is 8.25. The van der Waals surface area contributed by atoms with Gasteiger partial charge in [0.1, 0.15) is 0 Å². The molecule has 0 N–H and O–H groups in total. The monoisotopic (exact) mass is 356 g/mol. The van der Waals surface area contributed by atoms with Crippen LogP contribution in [0.15, 0.2) is 48.7 Å². The molecule has 0 unspecified atom stereocenters. The maximum atomic E-state index is 9.40. The van der Waals surface area contributed by atoms with Crippen molar-refractivity contribution in [2.24, 2.45) is 5.41 Å². The fourth-order valence-corrected chi connectivity index (χ4v) is 3.35. The second-order valence-corrected chi connectivity index (χ2v) is 6.32. The number of fused-ring (bicyclic) bond motifs is 2. The van der Waals surface area contributed by atoms with E-state index >= 15 is 0 Å². The van der Waals surface area contributed by atoms with E-state index < -0.39 is 79.3 Å². The summed E-state index contributed by atoms with van der Waals surface area (Å²) in [4.78, 5) is 4.07. The Hall–Kier alpha value is -2.41. The third kappa shape index (κ3) is 2.34. The van der Waals surface area contributed by atoms with Crippen molar-refractivity contribution in [3.63, 3.8) is 0 Å². The van der Waals surface area contributed by atoms with Crippen LogP contribution in [0.2, 0.25) is 0 Å². The number of rotatable bonds is 1. The normalized spacial score (nSPS) is 35.6. The van der Waals surface area contributed by atoms with E-state index in [1.54, 1.807) is 0 Å². The van der Waals surface area contributed by atoms with Gasteiger partial charge in [0.15, 0.2) is 0 Å². The summed E-state index contributed by atoms with van der Waals surface area (Å²) in [5, 5.41) is 0. The summed E-state index contributed by atoms with van der Waals surface area (Å²) in [5.41, 5.74) is -7.83. The summed E-state index contributed by atoms with van der Waals surface area (Å²) in [7, 11) is 0. The van der Waals surface area contributed by atoms with Crippen LogP contribution in [0.25, 0.3) is 11.3 Å². The third-order valence-electron chi connectivity index (χ3n) is 4.58. The van der Waals surface area contributed by atoms with Crippen LogP contribution in [-0.2, 0) is 25.5 Å². The Morgan fingerprint density at radius 3 is 2.31 bits per heavy atom. The van der Waals surface area contributed by atoms with E-state index in [1.165, 1.54) is 24.3 Å². The highest BCUT2D eigenvalue weighted by Gasteiger charge is 2.43. The molecule has 0 bridgehead atoms. The van der Waals surface area contributed by atoms with Gasteiger partial charge >= 0.3 is 0 Å². The molecular weight excluding hydrogens is 314 g/mol. The Bertz CT molecular complexity index is 1610. The Labute approximate surface area is 180 Å². The summed E-state index contributed by atoms with van der Waals surface area (Å²) < 4.78 is 145. The molecule has 26 heavy (non-hydrogen) atoms. The number of hydrogen-bond donors (Lipinski definition) is 0. The van der Waals surface area contributed by atoms with Crippen LogP contribution in [0.1, 0.15) is 62.2 Å². The largest absolute Gasteiger partial charge is 0.256 e. The lowest BCUT2D eigenvalue weighted by Crippen LogP contribution is -2.21. The first-order valence-electron chi connectivity index (χ1n) is 16.6. The number of hydrogen-bond acceptors (Lipinski definition) is 1. The molecule has 1 aromatic heterocycles. The SMILES string of the molecule is [2H]C([2H])([2H])c1cnc(-c2ccc(C([2H])([2H])[2H])c3c2C([2H])([2H])C2(C([2H])([2H])c4ccccc4C2([2H])[2H])C3([2H])[2H])cc1C([2H])([2H])[2H]. The number of benzene rings is 2. The minimum Gasteiger partial charge on any atom is -0.256 e. The minimum absolute atomic E-state index is 0.289. The van der Waals surface area contributed by atoms with Gasteiger partial charge in [-0.05, 0) is 96.5 Å². The van der Waals surface area contributed by atoms with Crippen molar-refractivity contribution in [1.29, 1.82) is 0 Å². The van der Waals surface area contributed by atoms with Gasteiger partial charge < -0.3 is 0 Å². The van der Waals surface area contributed by atoms with Gasteiger partial charge in [-0.1, -0.05) is 36.4 Å². The van der Waals surface area contributed by atoms with Crippen molar-refractivity contribution in [3.05, 3.63) is 87.6 Å². The zero-order valence-corrected chi connectivity index (χ0v) is 13.6. The van der Waals surface area contributed by atoms with Gasteiger partial charge in [0, 0.05) is 35.1 Å². The first-order valence-corrected chi connectivity index (χ1v) is 8.09. The molecule has 0 aliphatic heterocycles.